The van der Waals surface area contributed by atoms with Gasteiger partial charge < -0.3 is 184 Å². The van der Waals surface area contributed by atoms with Gasteiger partial charge in [-0.1, -0.05) is 19.8 Å². The summed E-state index contributed by atoms with van der Waals surface area (Å²) in [5.41, 5.74) is 1.80. The number of aromatic nitrogens is 2. The summed E-state index contributed by atoms with van der Waals surface area (Å²) in [4.78, 5) is 19.4. The first-order valence-corrected chi connectivity index (χ1v) is 39.7. The van der Waals surface area contributed by atoms with Crippen molar-refractivity contribution in [1.82, 2.24) is 15.3 Å². The van der Waals surface area contributed by atoms with Crippen LogP contribution in [0, 0.1) is 10.8 Å². The molecular formula is C65H109N5O34S3. The molecular weight excluding hydrogens is 1490 g/mol. The second-order valence-corrected chi connectivity index (χ2v) is 31.3. The highest BCUT2D eigenvalue weighted by atomic mass is 32.2. The van der Waals surface area contributed by atoms with Crippen molar-refractivity contribution in [2.45, 2.75) is 292 Å². The summed E-state index contributed by atoms with van der Waals surface area (Å²) >= 11 is 4.20. The van der Waals surface area contributed by atoms with Crippen molar-refractivity contribution in [1.29, 1.82) is 10.8 Å². The van der Waals surface area contributed by atoms with E-state index < -0.39 is 248 Å². The van der Waals surface area contributed by atoms with Crippen LogP contribution < -0.4 is 5.32 Å². The number of aliphatic hydroxyl groups is 19. The Balaban J connectivity index is 0.947. The molecule has 0 radical (unpaired) electrons. The fourth-order valence-corrected chi connectivity index (χ4v) is 16.4. The van der Waals surface area contributed by atoms with Crippen LogP contribution in [0.4, 0.5) is 0 Å². The molecule has 23 N–H and O–H groups in total. The molecule has 35 atom stereocenters. The molecule has 22 rings (SSSR count). The maximum atomic E-state index is 12.7. The minimum absolute atomic E-state index is 0.0334. The number of rotatable bonds is 30. The van der Waals surface area contributed by atoms with Gasteiger partial charge in [-0.3, -0.25) is 4.79 Å². The third-order valence-corrected chi connectivity index (χ3v) is 23.1. The minimum atomic E-state index is -2.22. The van der Waals surface area contributed by atoms with Crippen LogP contribution in [0.1, 0.15) is 76.8 Å². The summed E-state index contributed by atoms with van der Waals surface area (Å²) in [5.74, 6) is 1.96. The third-order valence-electron chi connectivity index (χ3n) is 19.9. The van der Waals surface area contributed by atoms with Crippen LogP contribution in [0.5, 0.6) is 0 Å². The minimum Gasteiger partial charge on any atom is -0.394 e. The number of carbonyl (C=O) groups is 1. The van der Waals surface area contributed by atoms with Gasteiger partial charge >= 0.3 is 0 Å². The average Bonchev–Trinajstić information content (AvgIpc) is 1.31. The van der Waals surface area contributed by atoms with Crippen LogP contribution in [0.15, 0.2) is 12.5 Å². The molecule has 1 aromatic heterocycles. The van der Waals surface area contributed by atoms with Gasteiger partial charge in [-0.05, 0) is 68.6 Å². The molecule has 21 aliphatic heterocycles. The van der Waals surface area contributed by atoms with Gasteiger partial charge in [0, 0.05) is 47.1 Å². The average molecular weight is 1600 g/mol. The number of hydrogen-bond acceptors (Lipinski definition) is 40. The maximum absolute atomic E-state index is 12.7. The lowest BCUT2D eigenvalue weighted by atomic mass is 9.95. The Labute approximate surface area is 629 Å². The predicted molar refractivity (Wildman–Crippen MR) is 369 cm³/mol. The maximum Gasteiger partial charge on any atom is 0.226 e. The Morgan fingerprint density at radius 2 is 0.654 bits per heavy atom. The number of imidazole rings is 1. The number of hydrogen-bond donors (Lipinski definition) is 23. The number of H-pyrrole nitrogens is 1. The van der Waals surface area contributed by atoms with E-state index in [0.717, 1.165) is 73.9 Å². The highest BCUT2D eigenvalue weighted by molar-refractivity contribution is 7.99. The molecule has 107 heavy (non-hydrogen) atoms. The van der Waals surface area contributed by atoms with E-state index in [-0.39, 0.29) is 36.1 Å². The molecule has 1 amide bonds. The Kier molecular flexibility index (Phi) is 35.6. The molecule has 0 aromatic carbocycles. The van der Waals surface area contributed by atoms with E-state index in [9.17, 15) is 102 Å². The summed E-state index contributed by atoms with van der Waals surface area (Å²) in [6, 6.07) is 0. The summed E-state index contributed by atoms with van der Waals surface area (Å²) < 4.78 is 83.9. The van der Waals surface area contributed by atoms with Crippen molar-refractivity contribution >= 4 is 52.6 Å². The first-order valence-electron chi connectivity index (χ1n) is 36.2. The highest BCUT2D eigenvalue weighted by Gasteiger charge is 2.60. The number of aromatic amines is 1. The molecule has 39 nitrogen and oxygen atoms in total. The number of carbonyl (C=O) groups excluding carboxylic acids is 1. The van der Waals surface area contributed by atoms with E-state index in [4.69, 9.17) is 77.1 Å². The van der Waals surface area contributed by atoms with Gasteiger partial charge in [-0.2, -0.15) is 35.3 Å². The van der Waals surface area contributed by atoms with E-state index in [1.165, 1.54) is 24.3 Å². The quantitative estimate of drug-likeness (QED) is 0.0251. The van der Waals surface area contributed by atoms with E-state index in [1.54, 1.807) is 0 Å². The molecule has 0 spiro atoms. The van der Waals surface area contributed by atoms with E-state index in [0.29, 0.717) is 36.4 Å². The topological polar surface area (TPSA) is 619 Å². The van der Waals surface area contributed by atoms with Crippen molar-refractivity contribution in [2.75, 3.05) is 74.1 Å². The first-order chi connectivity index (χ1) is 51.4. The molecule has 14 bridgehead atoms. The number of ether oxygens (including phenoxy) is 14. The molecule has 21 aliphatic rings. The molecule has 21 fully saturated rings. The zero-order chi connectivity index (χ0) is 77.3. The molecule has 42 heteroatoms. The molecule has 21 saturated heterocycles. The number of amides is 1. The fourth-order valence-electron chi connectivity index (χ4n) is 13.9. The van der Waals surface area contributed by atoms with Gasteiger partial charge in [-0.25, -0.2) is 4.98 Å². The van der Waals surface area contributed by atoms with Crippen LogP contribution in [-0.2, 0) is 77.5 Å². The lowest BCUT2D eigenvalue weighted by Gasteiger charge is -2.50. The monoisotopic (exact) mass is 1600 g/mol. The second kappa shape index (κ2) is 42.9. The number of nitrogens with zero attached hydrogens (tertiary/aromatic N) is 1. The van der Waals surface area contributed by atoms with Crippen molar-refractivity contribution < 1.29 is 168 Å². The largest absolute Gasteiger partial charge is 0.394 e. The third kappa shape index (κ3) is 22.7. The number of unbranched alkanes of at least 4 members (excludes halogenated alkanes) is 3. The zero-order valence-electron chi connectivity index (χ0n) is 58.9. The van der Waals surface area contributed by atoms with Crippen molar-refractivity contribution in [3.63, 3.8) is 0 Å². The smallest absolute Gasteiger partial charge is 0.226 e. The Morgan fingerprint density at radius 1 is 0.383 bits per heavy atom. The summed E-state index contributed by atoms with van der Waals surface area (Å²) in [7, 11) is 0. The summed E-state index contributed by atoms with van der Waals surface area (Å²) in [6.07, 6.45) is -58.7. The van der Waals surface area contributed by atoms with Gasteiger partial charge in [0.15, 0.2) is 44.0 Å². The second-order valence-electron chi connectivity index (χ2n) is 27.6. The predicted octanol–water partition coefficient (Wildman–Crippen LogP) is -7.97. The lowest BCUT2D eigenvalue weighted by molar-refractivity contribution is -0.395. The molecule has 14 unspecified atom stereocenters. The summed E-state index contributed by atoms with van der Waals surface area (Å²) in [5, 5.41) is 238. The highest BCUT2D eigenvalue weighted by Crippen LogP contribution is 2.40. The van der Waals surface area contributed by atoms with Crippen LogP contribution in [0.2, 0.25) is 0 Å². The van der Waals surface area contributed by atoms with Gasteiger partial charge in [-0.15, -0.1) is 0 Å². The van der Waals surface area contributed by atoms with Crippen LogP contribution in [0.3, 0.4) is 0 Å². The normalized spacial score (nSPS) is 43.0. The fraction of sp³-hybridized carbons (Fsp3) is 0.908. The van der Waals surface area contributed by atoms with Crippen LogP contribution in [-0.4, -0.2) is 413 Å². The molecule has 0 aliphatic carbocycles. The molecule has 616 valence electrons. The van der Waals surface area contributed by atoms with E-state index >= 15 is 0 Å². The van der Waals surface area contributed by atoms with Crippen molar-refractivity contribution in [2.24, 2.45) is 0 Å². The van der Waals surface area contributed by atoms with Gasteiger partial charge in [0.25, 0.3) is 0 Å². The van der Waals surface area contributed by atoms with Crippen molar-refractivity contribution in [3.05, 3.63) is 18.2 Å². The lowest BCUT2D eigenvalue weighted by Crippen LogP contribution is -2.68. The van der Waals surface area contributed by atoms with E-state index in [2.05, 4.69) is 22.2 Å². The number of thioether (sulfide) groups is 3. The van der Waals surface area contributed by atoms with Crippen molar-refractivity contribution in [3.8, 4) is 0 Å². The van der Waals surface area contributed by atoms with Gasteiger partial charge in [0.1, 0.15) is 159 Å². The SMILES string of the molecule is CCSCCCC(=N)CCCCCCC(=N)CCCSCC1O[C@@H]2O[C@@H]3C(CO)O[C@@H](O[C@@H]4C(CO)O[C@@H](O[C@@H]5C(CSCCNC(=O)Cc6cnc[nH]6)O[C@@H](O[C@@H]6C(CO)O[C@H](O[C@@H]7C(CO)O[C@H](O[C@@H]8C(CO)O[C@H](O[C@H]1[C@H](O)C2O)C(O)[C@H]8O)C(O)[C@H]7O)C(O)[C@H]6O)C(O)[C@H]5O)C(O)[C@H]4O)C(O)[C@H]3O. The van der Waals surface area contributed by atoms with Crippen LogP contribution in [0.25, 0.3) is 0 Å². The zero-order valence-corrected chi connectivity index (χ0v) is 61.4. The first kappa shape index (κ1) is 88.7. The Bertz CT molecular complexity index is 2790. The molecule has 0 saturated carbocycles. The summed E-state index contributed by atoms with van der Waals surface area (Å²) in [6.45, 7) is -3.01. The number of aliphatic hydroxyl groups excluding tert-OH is 19. The Hall–Kier alpha value is -2.25. The standard InChI is InChI=1S/C65H109N5O34S3/c1-2-105-14-7-11-27(66)9-5-3-4-6-10-28(67)12-8-15-106-24-35-57-43(82)50(89)64(96-35)101-55-33(22-74)92-61(46(85)39(55)78)100-54-32(21-73)95-63(49(88)42(54)81)104-58-36(25-107-16-13-69-37(76)17-29-18-68-26-70-29)97-65(51(90)44(58)83)102-56-34(23-75)93-60(47(86)40(56)79)98-52-30(19-71)91-59(45(84)38(52)77)99-53-31(20-72)94-62(103-57)48(87)41(53)80/h18,26,30-36,38-67,71-75,77-90H,2-17,19-25H2,1H3,(H,68,70)(H,69,76)/t30?,31?,32?,33?,34?,35?,36?,38-,39-,40-,41-,42-,43-,44-,45?,46?,47?,48?,49?,50?,51?,52-,53-,54-,55-,56-,57-,58-,59-,60-,61+,62-,63+,64-,65+/m1/s1. The Morgan fingerprint density at radius 3 is 0.935 bits per heavy atom. The van der Waals surface area contributed by atoms with E-state index in [1.807, 2.05) is 11.8 Å². The van der Waals surface area contributed by atoms with Gasteiger partial charge in [0.2, 0.25) is 5.91 Å². The molecule has 1 aromatic rings. The van der Waals surface area contributed by atoms with Crippen LogP contribution >= 0.6 is 35.3 Å². The number of nitrogens with one attached hydrogen (secondary N) is 4. The molecule has 22 heterocycles. The van der Waals surface area contributed by atoms with Gasteiger partial charge in [0.05, 0.1) is 58.0 Å².